The molecule has 1 unspecified atom stereocenters. The summed E-state index contributed by atoms with van der Waals surface area (Å²) in [7, 11) is 0. The lowest BCUT2D eigenvalue weighted by molar-refractivity contribution is -0.132. The number of aliphatic hydroxyl groups is 1. The van der Waals surface area contributed by atoms with E-state index < -0.39 is 17.7 Å². The quantitative estimate of drug-likeness (QED) is 0.138. The molecule has 2 aromatic carbocycles. The molecule has 0 spiro atoms. The Kier molecular flexibility index (Phi) is 6.92. The van der Waals surface area contributed by atoms with Crippen LogP contribution in [-0.2, 0) is 9.59 Å². The van der Waals surface area contributed by atoms with Gasteiger partial charge in [0.05, 0.1) is 40.7 Å². The van der Waals surface area contributed by atoms with Crippen molar-refractivity contribution in [3.8, 4) is 11.5 Å². The summed E-state index contributed by atoms with van der Waals surface area (Å²) in [4.78, 5) is 38.1. The van der Waals surface area contributed by atoms with Gasteiger partial charge in [0.15, 0.2) is 10.9 Å². The van der Waals surface area contributed by atoms with E-state index in [-0.39, 0.29) is 11.3 Å². The fraction of sp³-hybridized carbons (Fsp3) is 0.226. The molecule has 10 heteroatoms. The second-order valence-corrected chi connectivity index (χ2v) is 10.6. The third-order valence-corrected chi connectivity index (χ3v) is 7.90. The van der Waals surface area contributed by atoms with Crippen molar-refractivity contribution in [2.45, 2.75) is 33.2 Å². The van der Waals surface area contributed by atoms with E-state index in [2.05, 4.69) is 4.98 Å². The van der Waals surface area contributed by atoms with Crippen LogP contribution in [0.4, 0.5) is 5.13 Å². The van der Waals surface area contributed by atoms with Crippen LogP contribution in [0.3, 0.4) is 0 Å². The van der Waals surface area contributed by atoms with E-state index in [1.165, 1.54) is 16.2 Å². The summed E-state index contributed by atoms with van der Waals surface area (Å²) in [6.07, 6.45) is 2.59. The number of ether oxygens (including phenoxy) is 2. The Labute approximate surface area is 240 Å². The molecule has 1 amide bonds. The van der Waals surface area contributed by atoms with E-state index in [1.807, 2.05) is 68.4 Å². The molecule has 1 saturated heterocycles. The maximum Gasteiger partial charge on any atom is 0.301 e. The predicted molar refractivity (Wildman–Crippen MR) is 158 cm³/mol. The Morgan fingerprint density at radius 2 is 1.83 bits per heavy atom. The first kappa shape index (κ1) is 26.5. The maximum absolute atomic E-state index is 13.8. The number of anilines is 1. The highest BCUT2D eigenvalue weighted by atomic mass is 32.1. The van der Waals surface area contributed by atoms with Crippen molar-refractivity contribution >= 4 is 49.8 Å². The molecular weight excluding hydrogens is 540 g/mol. The van der Waals surface area contributed by atoms with E-state index in [1.54, 1.807) is 23.6 Å². The van der Waals surface area contributed by atoms with Crippen molar-refractivity contribution < 1.29 is 24.2 Å². The monoisotopic (exact) mass is 568 g/mol. The summed E-state index contributed by atoms with van der Waals surface area (Å²) < 4.78 is 14.0. The molecule has 0 saturated carbocycles. The number of hydrogen-bond acceptors (Lipinski definition) is 8. The minimum Gasteiger partial charge on any atom is -0.505 e. The van der Waals surface area contributed by atoms with Crippen LogP contribution in [0.1, 0.15) is 43.3 Å². The predicted octanol–water partition coefficient (Wildman–Crippen LogP) is 6.07. The zero-order valence-electron chi connectivity index (χ0n) is 22.8. The fourth-order valence-corrected chi connectivity index (χ4v) is 6.14. The lowest BCUT2D eigenvalue weighted by Crippen LogP contribution is -2.29. The minimum absolute atomic E-state index is 0.0364. The highest BCUT2D eigenvalue weighted by Crippen LogP contribution is 2.45. The van der Waals surface area contributed by atoms with E-state index in [0.29, 0.717) is 58.0 Å². The third-order valence-electron chi connectivity index (χ3n) is 6.89. The van der Waals surface area contributed by atoms with Crippen molar-refractivity contribution in [1.29, 1.82) is 0 Å². The van der Waals surface area contributed by atoms with Crippen LogP contribution < -0.4 is 14.4 Å². The van der Waals surface area contributed by atoms with Crippen LogP contribution >= 0.6 is 11.3 Å². The molecule has 1 aliphatic heterocycles. The lowest BCUT2D eigenvalue weighted by atomic mass is 9.96. The number of aryl methyl sites for hydroxylation is 1. The largest absolute Gasteiger partial charge is 0.505 e. The van der Waals surface area contributed by atoms with Crippen molar-refractivity contribution in [2.75, 3.05) is 18.1 Å². The number of Topliss-reactive ketones (excluding diaryl/α,β-unsaturated/α-hetero) is 1. The SMILES string of the molecule is CCCOc1cccc(C2/C(=C(\O)c3c(C)nc4ccccn34)C(=O)C(=O)N2c2nc3ccc(OCC)cc3s2)c1. The summed E-state index contributed by atoms with van der Waals surface area (Å²) in [5.41, 5.74) is 2.75. The number of carbonyl (C=O) groups is 2. The number of ketones is 1. The molecular formula is C31H28N4O5S. The molecule has 6 rings (SSSR count). The zero-order valence-corrected chi connectivity index (χ0v) is 23.6. The summed E-state index contributed by atoms with van der Waals surface area (Å²) in [5, 5.41) is 12.1. The Morgan fingerprint density at radius 3 is 2.63 bits per heavy atom. The van der Waals surface area contributed by atoms with Crippen molar-refractivity contribution in [2.24, 2.45) is 0 Å². The van der Waals surface area contributed by atoms with Gasteiger partial charge >= 0.3 is 5.91 Å². The first-order valence-corrected chi connectivity index (χ1v) is 14.2. The normalized spacial score (nSPS) is 16.7. The van der Waals surface area contributed by atoms with Gasteiger partial charge in [0.2, 0.25) is 0 Å². The standard InChI is InChI=1S/C31H28N4O5S/c1-4-15-40-20-10-8-9-19(16-20)27-25(28(36)26-18(3)32-24-11-6-7-14-34(24)26)29(37)30(38)35(27)31-33-22-13-12-21(39-5-2)17-23(22)41-31/h6-14,16-17,27,36H,4-5,15H2,1-3H3/b28-25+. The van der Waals surface area contributed by atoms with Crippen LogP contribution in [0.25, 0.3) is 21.6 Å². The molecule has 9 nitrogen and oxygen atoms in total. The number of fused-ring (bicyclic) bond motifs is 2. The number of thiazole rings is 1. The van der Waals surface area contributed by atoms with Crippen molar-refractivity contribution in [1.82, 2.24) is 14.4 Å². The number of rotatable bonds is 8. The van der Waals surface area contributed by atoms with Gasteiger partial charge < -0.3 is 14.6 Å². The summed E-state index contributed by atoms with van der Waals surface area (Å²) >= 11 is 1.28. The van der Waals surface area contributed by atoms with Gasteiger partial charge in [0.25, 0.3) is 5.78 Å². The highest BCUT2D eigenvalue weighted by molar-refractivity contribution is 7.22. The molecule has 1 atom stereocenters. The Bertz CT molecular complexity index is 1840. The van der Waals surface area contributed by atoms with E-state index in [9.17, 15) is 14.7 Å². The molecule has 3 aromatic heterocycles. The minimum atomic E-state index is -0.944. The molecule has 0 bridgehead atoms. The number of carbonyl (C=O) groups excluding carboxylic acids is 2. The maximum atomic E-state index is 13.8. The molecule has 5 aromatic rings. The third kappa shape index (κ3) is 4.59. The number of amides is 1. The van der Waals surface area contributed by atoms with Gasteiger partial charge in [0, 0.05) is 6.20 Å². The van der Waals surface area contributed by atoms with Crippen LogP contribution in [0.5, 0.6) is 11.5 Å². The number of aromatic nitrogens is 3. The summed E-state index contributed by atoms with van der Waals surface area (Å²) in [6, 6.07) is 17.3. The molecule has 0 aliphatic carbocycles. The average Bonchev–Trinajstić information content (AvgIpc) is 3.62. The summed E-state index contributed by atoms with van der Waals surface area (Å²) in [5.74, 6) is -0.574. The van der Waals surface area contributed by atoms with E-state index in [0.717, 1.165) is 11.1 Å². The number of pyridine rings is 1. The van der Waals surface area contributed by atoms with E-state index in [4.69, 9.17) is 14.5 Å². The van der Waals surface area contributed by atoms with Crippen LogP contribution in [0.15, 0.2) is 72.4 Å². The van der Waals surface area contributed by atoms with E-state index >= 15 is 0 Å². The molecule has 4 heterocycles. The number of imidazole rings is 1. The molecule has 1 N–H and O–H groups in total. The Morgan fingerprint density at radius 1 is 1.00 bits per heavy atom. The fourth-order valence-electron chi connectivity index (χ4n) is 5.12. The van der Waals surface area contributed by atoms with Crippen LogP contribution in [-0.4, -0.2) is 44.4 Å². The first-order valence-electron chi connectivity index (χ1n) is 13.4. The van der Waals surface area contributed by atoms with Gasteiger partial charge in [-0.25, -0.2) is 9.97 Å². The highest BCUT2D eigenvalue weighted by Gasteiger charge is 2.48. The number of hydrogen-bond donors (Lipinski definition) is 1. The Balaban J connectivity index is 1.56. The lowest BCUT2D eigenvalue weighted by Gasteiger charge is -2.23. The number of benzene rings is 2. The smallest absolute Gasteiger partial charge is 0.301 e. The number of nitrogens with zero attached hydrogens (tertiary/aromatic N) is 4. The van der Waals surface area contributed by atoms with Crippen LogP contribution in [0.2, 0.25) is 0 Å². The van der Waals surface area contributed by atoms with Gasteiger partial charge in [-0.1, -0.05) is 36.5 Å². The van der Waals surface area contributed by atoms with Crippen molar-refractivity contribution in [3.63, 3.8) is 0 Å². The number of aliphatic hydroxyl groups excluding tert-OH is 1. The average molecular weight is 569 g/mol. The summed E-state index contributed by atoms with van der Waals surface area (Å²) in [6.45, 7) is 6.72. The topological polar surface area (TPSA) is 106 Å². The molecule has 41 heavy (non-hydrogen) atoms. The second kappa shape index (κ2) is 10.7. The molecule has 0 radical (unpaired) electrons. The molecule has 1 aliphatic rings. The van der Waals surface area contributed by atoms with Gasteiger partial charge in [-0.15, -0.1) is 0 Å². The molecule has 1 fully saturated rings. The second-order valence-electron chi connectivity index (χ2n) is 9.62. The van der Waals surface area contributed by atoms with Gasteiger partial charge in [-0.2, -0.15) is 0 Å². The Hall–Kier alpha value is -4.70. The van der Waals surface area contributed by atoms with Crippen LogP contribution in [0, 0.1) is 6.92 Å². The zero-order chi connectivity index (χ0) is 28.7. The van der Waals surface area contributed by atoms with Crippen molar-refractivity contribution in [3.05, 3.63) is 89.4 Å². The van der Waals surface area contributed by atoms with Gasteiger partial charge in [-0.3, -0.25) is 18.9 Å². The van der Waals surface area contributed by atoms with Gasteiger partial charge in [-0.05, 0) is 68.3 Å². The van der Waals surface area contributed by atoms with Gasteiger partial charge in [0.1, 0.15) is 22.8 Å². The molecule has 208 valence electrons. The first-order chi connectivity index (χ1) is 19.9.